The van der Waals surface area contributed by atoms with Gasteiger partial charge in [0.25, 0.3) is 0 Å². The van der Waals surface area contributed by atoms with E-state index in [1.807, 2.05) is 48.5 Å². The number of halogens is 1. The van der Waals surface area contributed by atoms with Crippen LogP contribution in [0.3, 0.4) is 0 Å². The predicted octanol–water partition coefficient (Wildman–Crippen LogP) is 7.97. The fourth-order valence-corrected chi connectivity index (χ4v) is 4.39. The molecule has 0 unspecified atom stereocenters. The van der Waals surface area contributed by atoms with Crippen LogP contribution in [0.5, 0.6) is 17.2 Å². The molecule has 0 aliphatic carbocycles. The first-order chi connectivity index (χ1) is 14.6. The summed E-state index contributed by atoms with van der Waals surface area (Å²) < 4.78 is 5.90. The van der Waals surface area contributed by atoms with Crippen molar-refractivity contribution in [3.8, 4) is 39.1 Å². The van der Waals surface area contributed by atoms with Gasteiger partial charge in [0.2, 0.25) is 0 Å². The molecule has 4 rings (SSSR count). The van der Waals surface area contributed by atoms with Crippen molar-refractivity contribution in [2.75, 3.05) is 0 Å². The molecule has 0 atom stereocenters. The molecule has 3 aromatic carbocycles. The number of thiazole rings is 1. The molecule has 0 saturated heterocycles. The van der Waals surface area contributed by atoms with E-state index in [1.54, 1.807) is 23.5 Å². The van der Waals surface area contributed by atoms with E-state index in [-0.39, 0.29) is 5.75 Å². The highest BCUT2D eigenvalue weighted by atomic mass is 35.5. The highest BCUT2D eigenvalue weighted by molar-refractivity contribution is 7.15. The Morgan fingerprint density at radius 1 is 0.867 bits per heavy atom. The van der Waals surface area contributed by atoms with E-state index in [0.717, 1.165) is 52.6 Å². The Labute approximate surface area is 185 Å². The van der Waals surface area contributed by atoms with Gasteiger partial charge in [0.15, 0.2) is 0 Å². The summed E-state index contributed by atoms with van der Waals surface area (Å²) in [6.45, 7) is 2.20. The molecule has 152 valence electrons. The Balaban J connectivity index is 1.61. The zero-order chi connectivity index (χ0) is 20.9. The van der Waals surface area contributed by atoms with Gasteiger partial charge in [-0.05, 0) is 85.6 Å². The van der Waals surface area contributed by atoms with E-state index in [9.17, 15) is 5.11 Å². The molecule has 0 bridgehead atoms. The summed E-state index contributed by atoms with van der Waals surface area (Å²) in [5.74, 6) is 1.78. The summed E-state index contributed by atoms with van der Waals surface area (Å²) in [5.41, 5.74) is 3.12. The van der Waals surface area contributed by atoms with Gasteiger partial charge in [-0.25, -0.2) is 4.98 Å². The van der Waals surface area contributed by atoms with Gasteiger partial charge in [0, 0.05) is 21.0 Å². The first-order valence-corrected chi connectivity index (χ1v) is 11.1. The number of aryl methyl sites for hydroxylation is 1. The summed E-state index contributed by atoms with van der Waals surface area (Å²) in [6.07, 6.45) is 3.27. The summed E-state index contributed by atoms with van der Waals surface area (Å²) in [4.78, 5) is 6.22. The van der Waals surface area contributed by atoms with E-state index in [2.05, 4.69) is 19.1 Å². The Morgan fingerprint density at radius 3 is 2.10 bits per heavy atom. The van der Waals surface area contributed by atoms with Crippen LogP contribution in [0.2, 0.25) is 5.02 Å². The lowest BCUT2D eigenvalue weighted by Crippen LogP contribution is -1.88. The number of phenols is 1. The van der Waals surface area contributed by atoms with E-state index < -0.39 is 0 Å². The van der Waals surface area contributed by atoms with Crippen LogP contribution >= 0.6 is 22.9 Å². The van der Waals surface area contributed by atoms with Crippen LogP contribution in [0.25, 0.3) is 21.8 Å². The Hall–Kier alpha value is -2.82. The van der Waals surface area contributed by atoms with Crippen molar-refractivity contribution in [3.05, 3.63) is 82.7 Å². The highest BCUT2D eigenvalue weighted by Crippen LogP contribution is 2.36. The zero-order valence-electron chi connectivity index (χ0n) is 16.6. The molecule has 5 heteroatoms. The molecule has 0 amide bonds. The molecule has 1 heterocycles. The third kappa shape index (κ3) is 4.84. The minimum Gasteiger partial charge on any atom is -0.508 e. The maximum Gasteiger partial charge on any atom is 0.127 e. The van der Waals surface area contributed by atoms with Gasteiger partial charge >= 0.3 is 0 Å². The third-order valence-electron chi connectivity index (χ3n) is 4.75. The van der Waals surface area contributed by atoms with Crippen molar-refractivity contribution >= 4 is 22.9 Å². The number of aromatic hydroxyl groups is 1. The largest absolute Gasteiger partial charge is 0.508 e. The molecule has 1 aromatic heterocycles. The first kappa shape index (κ1) is 20.5. The van der Waals surface area contributed by atoms with Gasteiger partial charge in [0.05, 0.1) is 5.69 Å². The lowest BCUT2D eigenvalue weighted by molar-refractivity contribution is 0.475. The smallest absolute Gasteiger partial charge is 0.127 e. The number of hydrogen-bond donors (Lipinski definition) is 1. The van der Waals surface area contributed by atoms with Gasteiger partial charge in [-0.15, -0.1) is 11.3 Å². The highest BCUT2D eigenvalue weighted by Gasteiger charge is 2.14. The number of benzene rings is 3. The molecule has 30 heavy (non-hydrogen) atoms. The number of ether oxygens (including phenoxy) is 1. The molecule has 0 saturated carbocycles. The summed E-state index contributed by atoms with van der Waals surface area (Å²) >= 11 is 7.66. The van der Waals surface area contributed by atoms with Crippen molar-refractivity contribution < 1.29 is 9.84 Å². The normalized spacial score (nSPS) is 10.9. The zero-order valence-corrected chi connectivity index (χ0v) is 18.2. The van der Waals surface area contributed by atoms with Gasteiger partial charge in [0.1, 0.15) is 22.3 Å². The maximum absolute atomic E-state index is 9.57. The second kappa shape index (κ2) is 9.33. The molecule has 4 aromatic rings. The van der Waals surface area contributed by atoms with Crippen molar-refractivity contribution in [1.82, 2.24) is 4.98 Å². The first-order valence-electron chi connectivity index (χ1n) is 9.95. The Bertz CT molecular complexity index is 1100. The van der Waals surface area contributed by atoms with Crippen LogP contribution in [0.15, 0.2) is 72.8 Å². The van der Waals surface area contributed by atoms with Crippen molar-refractivity contribution in [1.29, 1.82) is 0 Å². The average Bonchev–Trinajstić information content (AvgIpc) is 3.19. The van der Waals surface area contributed by atoms with Crippen LogP contribution in [0, 0.1) is 0 Å². The average molecular weight is 436 g/mol. The molecule has 1 N–H and O–H groups in total. The molecule has 0 fully saturated rings. The van der Waals surface area contributed by atoms with Gasteiger partial charge in [-0.1, -0.05) is 24.9 Å². The fourth-order valence-electron chi connectivity index (χ4n) is 3.13. The monoisotopic (exact) mass is 435 g/mol. The van der Waals surface area contributed by atoms with Crippen LogP contribution in [-0.2, 0) is 6.42 Å². The van der Waals surface area contributed by atoms with E-state index in [4.69, 9.17) is 21.3 Å². The molecular formula is C25H22ClNO2S. The number of hydrogen-bond acceptors (Lipinski definition) is 4. The number of nitrogens with zero attached hydrogens (tertiary/aromatic N) is 1. The van der Waals surface area contributed by atoms with E-state index in [0.29, 0.717) is 5.02 Å². The Kier molecular flexibility index (Phi) is 6.36. The second-order valence-electron chi connectivity index (χ2n) is 7.02. The topological polar surface area (TPSA) is 42.4 Å². The number of rotatable bonds is 7. The van der Waals surface area contributed by atoms with Crippen molar-refractivity contribution in [3.63, 3.8) is 0 Å². The van der Waals surface area contributed by atoms with E-state index in [1.165, 1.54) is 4.88 Å². The Morgan fingerprint density at radius 2 is 1.47 bits per heavy atom. The lowest BCUT2D eigenvalue weighted by Gasteiger charge is -2.07. The molecule has 0 aliphatic heterocycles. The van der Waals surface area contributed by atoms with Crippen LogP contribution in [-0.4, -0.2) is 10.1 Å². The molecule has 0 radical (unpaired) electrons. The number of aromatic nitrogens is 1. The number of unbranched alkanes of at least 4 members (excludes halogenated alkanes) is 1. The van der Waals surface area contributed by atoms with Gasteiger partial charge < -0.3 is 9.84 Å². The SMILES string of the molecule is CCCCc1sc(-c2ccc(O)cc2)nc1-c1ccc(Oc2ccc(Cl)cc2)cc1. The van der Waals surface area contributed by atoms with E-state index >= 15 is 0 Å². The summed E-state index contributed by atoms with van der Waals surface area (Å²) in [6, 6.07) is 22.6. The molecule has 3 nitrogen and oxygen atoms in total. The van der Waals surface area contributed by atoms with Gasteiger partial charge in [-0.2, -0.15) is 0 Å². The van der Waals surface area contributed by atoms with Crippen molar-refractivity contribution in [2.24, 2.45) is 0 Å². The lowest BCUT2D eigenvalue weighted by atomic mass is 10.1. The third-order valence-corrected chi connectivity index (χ3v) is 6.16. The molecular weight excluding hydrogens is 414 g/mol. The minimum atomic E-state index is 0.262. The summed E-state index contributed by atoms with van der Waals surface area (Å²) in [7, 11) is 0. The quantitative estimate of drug-likeness (QED) is 0.320. The number of phenolic OH excluding ortho intramolecular Hbond substituents is 1. The van der Waals surface area contributed by atoms with Crippen LogP contribution < -0.4 is 4.74 Å². The predicted molar refractivity (Wildman–Crippen MR) is 125 cm³/mol. The van der Waals surface area contributed by atoms with Crippen LogP contribution in [0.1, 0.15) is 24.6 Å². The molecule has 0 spiro atoms. The molecule has 0 aliphatic rings. The second-order valence-corrected chi connectivity index (χ2v) is 8.54. The van der Waals surface area contributed by atoms with Gasteiger partial charge in [-0.3, -0.25) is 0 Å². The standard InChI is InChI=1S/C25H22ClNO2S/c1-2-3-4-23-24(27-25(30-23)18-5-11-20(28)12-6-18)17-7-13-21(14-8-17)29-22-15-9-19(26)10-16-22/h5-16,28H,2-4H2,1H3. The minimum absolute atomic E-state index is 0.262. The fraction of sp³-hybridized carbons (Fsp3) is 0.160. The maximum atomic E-state index is 9.57. The van der Waals surface area contributed by atoms with Crippen molar-refractivity contribution in [2.45, 2.75) is 26.2 Å². The van der Waals surface area contributed by atoms with Crippen LogP contribution in [0.4, 0.5) is 0 Å². The summed E-state index contributed by atoms with van der Waals surface area (Å²) in [5, 5.41) is 11.2.